The smallest absolute Gasteiger partial charge is 0.119 e. The highest BCUT2D eigenvalue weighted by atomic mass is 16.5. The highest BCUT2D eigenvalue weighted by Gasteiger charge is 2.17. The van der Waals surface area contributed by atoms with Gasteiger partial charge in [-0.25, -0.2) is 0 Å². The summed E-state index contributed by atoms with van der Waals surface area (Å²) in [6, 6.07) is 8.85. The van der Waals surface area contributed by atoms with Gasteiger partial charge in [-0.1, -0.05) is 45.7 Å². The number of rotatable bonds is 9. The molecule has 0 aliphatic heterocycles. The molecular formula is C17H29NO. The van der Waals surface area contributed by atoms with Crippen molar-refractivity contribution in [3.8, 4) is 5.75 Å². The molecule has 0 spiro atoms. The van der Waals surface area contributed by atoms with Gasteiger partial charge in [-0.05, 0) is 43.5 Å². The first-order valence-electron chi connectivity index (χ1n) is 7.64. The molecule has 2 nitrogen and oxygen atoms in total. The molecule has 0 aromatic heterocycles. The van der Waals surface area contributed by atoms with Crippen molar-refractivity contribution < 1.29 is 4.74 Å². The van der Waals surface area contributed by atoms with Crippen LogP contribution in [0.2, 0.25) is 0 Å². The fourth-order valence-corrected chi connectivity index (χ4v) is 2.63. The zero-order valence-electron chi connectivity index (χ0n) is 12.9. The van der Waals surface area contributed by atoms with E-state index in [1.807, 2.05) is 12.1 Å². The standard InChI is InChI=1S/C17H29NO/c1-5-15(6-2)17(18-7-3)11-12-19-16-10-8-9-14(4)13-16/h8-10,13,15,17-18H,5-7,11-12H2,1-4H3. The molecule has 0 aliphatic rings. The second-order valence-electron chi connectivity index (χ2n) is 5.19. The normalized spacial score (nSPS) is 12.7. The summed E-state index contributed by atoms with van der Waals surface area (Å²) >= 11 is 0. The molecule has 1 unspecified atom stereocenters. The largest absolute Gasteiger partial charge is 0.494 e. The van der Waals surface area contributed by atoms with Crippen molar-refractivity contribution in [3.63, 3.8) is 0 Å². The van der Waals surface area contributed by atoms with E-state index in [9.17, 15) is 0 Å². The summed E-state index contributed by atoms with van der Waals surface area (Å²) in [4.78, 5) is 0. The molecule has 1 rings (SSSR count). The van der Waals surface area contributed by atoms with Crippen LogP contribution in [0, 0.1) is 12.8 Å². The summed E-state index contributed by atoms with van der Waals surface area (Å²) in [7, 11) is 0. The van der Waals surface area contributed by atoms with Gasteiger partial charge in [0.1, 0.15) is 5.75 Å². The summed E-state index contributed by atoms with van der Waals surface area (Å²) in [6.07, 6.45) is 3.55. The van der Waals surface area contributed by atoms with Crippen molar-refractivity contribution in [1.29, 1.82) is 0 Å². The minimum atomic E-state index is 0.574. The molecule has 0 amide bonds. The third-order valence-corrected chi connectivity index (χ3v) is 3.77. The zero-order chi connectivity index (χ0) is 14.1. The van der Waals surface area contributed by atoms with Crippen LogP contribution in [0.15, 0.2) is 24.3 Å². The summed E-state index contributed by atoms with van der Waals surface area (Å²) < 4.78 is 5.86. The van der Waals surface area contributed by atoms with Crippen LogP contribution in [0.5, 0.6) is 5.75 Å². The number of hydrogen-bond donors (Lipinski definition) is 1. The first kappa shape index (κ1) is 16.0. The van der Waals surface area contributed by atoms with E-state index >= 15 is 0 Å². The molecule has 1 aromatic carbocycles. The minimum Gasteiger partial charge on any atom is -0.494 e. The first-order valence-corrected chi connectivity index (χ1v) is 7.64. The molecule has 0 heterocycles. The van der Waals surface area contributed by atoms with E-state index in [-0.39, 0.29) is 0 Å². The van der Waals surface area contributed by atoms with Gasteiger partial charge in [0.25, 0.3) is 0 Å². The number of nitrogens with one attached hydrogen (secondary N) is 1. The Morgan fingerprint density at radius 3 is 2.47 bits per heavy atom. The fourth-order valence-electron chi connectivity index (χ4n) is 2.63. The second kappa shape index (κ2) is 8.98. The quantitative estimate of drug-likeness (QED) is 0.721. The van der Waals surface area contributed by atoms with E-state index in [4.69, 9.17) is 4.74 Å². The summed E-state index contributed by atoms with van der Waals surface area (Å²) in [5.41, 5.74) is 1.25. The van der Waals surface area contributed by atoms with Gasteiger partial charge in [0.15, 0.2) is 0 Å². The van der Waals surface area contributed by atoms with Gasteiger partial charge in [-0.3, -0.25) is 0 Å². The van der Waals surface area contributed by atoms with E-state index in [0.717, 1.165) is 31.2 Å². The highest BCUT2D eigenvalue weighted by Crippen LogP contribution is 2.17. The summed E-state index contributed by atoms with van der Waals surface area (Å²) in [5, 5.41) is 3.60. The van der Waals surface area contributed by atoms with Crippen molar-refractivity contribution in [2.45, 2.75) is 53.0 Å². The number of hydrogen-bond acceptors (Lipinski definition) is 2. The average Bonchev–Trinajstić information content (AvgIpc) is 2.40. The van der Waals surface area contributed by atoms with Crippen molar-refractivity contribution in [2.75, 3.05) is 13.2 Å². The Balaban J connectivity index is 2.43. The Hall–Kier alpha value is -1.02. The molecule has 0 radical (unpaired) electrons. The molecule has 19 heavy (non-hydrogen) atoms. The van der Waals surface area contributed by atoms with E-state index in [0.29, 0.717) is 6.04 Å². The van der Waals surface area contributed by atoms with Gasteiger partial charge in [0, 0.05) is 6.04 Å². The molecular weight excluding hydrogens is 234 g/mol. The Bertz CT molecular complexity index is 347. The van der Waals surface area contributed by atoms with Gasteiger partial charge in [0.05, 0.1) is 6.61 Å². The molecule has 108 valence electrons. The van der Waals surface area contributed by atoms with E-state index < -0.39 is 0 Å². The number of benzene rings is 1. The summed E-state index contributed by atoms with van der Waals surface area (Å²) in [6.45, 7) is 10.7. The molecule has 0 aliphatic carbocycles. The molecule has 1 aromatic rings. The van der Waals surface area contributed by atoms with Crippen molar-refractivity contribution >= 4 is 0 Å². The highest BCUT2D eigenvalue weighted by molar-refractivity contribution is 5.27. The predicted molar refractivity (Wildman–Crippen MR) is 82.8 cm³/mol. The Kier molecular flexibility index (Phi) is 7.57. The van der Waals surface area contributed by atoms with Gasteiger partial charge in [-0.15, -0.1) is 0 Å². The fraction of sp³-hybridized carbons (Fsp3) is 0.647. The average molecular weight is 263 g/mol. The molecule has 0 bridgehead atoms. The zero-order valence-corrected chi connectivity index (χ0v) is 12.9. The van der Waals surface area contributed by atoms with Gasteiger partial charge in [-0.2, -0.15) is 0 Å². The van der Waals surface area contributed by atoms with Crippen LogP contribution >= 0.6 is 0 Å². The predicted octanol–water partition coefficient (Wildman–Crippen LogP) is 4.18. The Labute approximate surface area is 118 Å². The van der Waals surface area contributed by atoms with Crippen LogP contribution in [0.25, 0.3) is 0 Å². The third-order valence-electron chi connectivity index (χ3n) is 3.77. The number of aryl methyl sites for hydroxylation is 1. The maximum atomic E-state index is 5.86. The molecule has 0 fully saturated rings. The summed E-state index contributed by atoms with van der Waals surface area (Å²) in [5.74, 6) is 1.74. The minimum absolute atomic E-state index is 0.574. The van der Waals surface area contributed by atoms with E-state index in [1.54, 1.807) is 0 Å². The molecule has 2 heteroatoms. The molecule has 0 saturated heterocycles. The van der Waals surface area contributed by atoms with Crippen LogP contribution in [0.4, 0.5) is 0 Å². The van der Waals surface area contributed by atoms with E-state index in [1.165, 1.54) is 18.4 Å². The van der Waals surface area contributed by atoms with Crippen LogP contribution in [-0.4, -0.2) is 19.2 Å². The first-order chi connectivity index (χ1) is 9.21. The molecule has 0 saturated carbocycles. The van der Waals surface area contributed by atoms with Crippen LogP contribution in [-0.2, 0) is 0 Å². The molecule has 1 N–H and O–H groups in total. The van der Waals surface area contributed by atoms with Gasteiger partial charge in [0.2, 0.25) is 0 Å². The maximum Gasteiger partial charge on any atom is 0.119 e. The topological polar surface area (TPSA) is 21.3 Å². The van der Waals surface area contributed by atoms with Crippen molar-refractivity contribution in [1.82, 2.24) is 5.32 Å². The lowest BCUT2D eigenvalue weighted by atomic mass is 9.92. The van der Waals surface area contributed by atoms with Gasteiger partial charge >= 0.3 is 0 Å². The lowest BCUT2D eigenvalue weighted by Crippen LogP contribution is -2.37. The Morgan fingerprint density at radius 2 is 1.89 bits per heavy atom. The van der Waals surface area contributed by atoms with Crippen LogP contribution in [0.3, 0.4) is 0 Å². The Morgan fingerprint density at radius 1 is 1.16 bits per heavy atom. The lowest BCUT2D eigenvalue weighted by Gasteiger charge is -2.26. The van der Waals surface area contributed by atoms with Crippen molar-refractivity contribution in [3.05, 3.63) is 29.8 Å². The monoisotopic (exact) mass is 263 g/mol. The van der Waals surface area contributed by atoms with Crippen LogP contribution < -0.4 is 10.1 Å². The third kappa shape index (κ3) is 5.65. The van der Waals surface area contributed by atoms with Crippen LogP contribution in [0.1, 0.15) is 45.6 Å². The molecule has 1 atom stereocenters. The maximum absolute atomic E-state index is 5.86. The van der Waals surface area contributed by atoms with Crippen molar-refractivity contribution in [2.24, 2.45) is 5.92 Å². The van der Waals surface area contributed by atoms with E-state index in [2.05, 4.69) is 45.1 Å². The number of ether oxygens (including phenoxy) is 1. The lowest BCUT2D eigenvalue weighted by molar-refractivity contribution is 0.245. The second-order valence-corrected chi connectivity index (χ2v) is 5.19. The van der Waals surface area contributed by atoms with Gasteiger partial charge < -0.3 is 10.1 Å². The SMILES string of the molecule is CCNC(CCOc1cccc(C)c1)C(CC)CC.